The van der Waals surface area contributed by atoms with E-state index >= 15 is 0 Å². The van der Waals surface area contributed by atoms with Gasteiger partial charge in [0.1, 0.15) is 0 Å². The summed E-state index contributed by atoms with van der Waals surface area (Å²) in [6, 6.07) is 6.93. The van der Waals surface area contributed by atoms with E-state index in [1.807, 2.05) is 0 Å². The minimum Gasteiger partial charge on any atom is -0.267 e. The zero-order valence-electron chi connectivity index (χ0n) is 9.54. The van der Waals surface area contributed by atoms with E-state index in [0.717, 1.165) is 4.31 Å². The van der Waals surface area contributed by atoms with Gasteiger partial charge in [-0.25, -0.2) is 17.7 Å². The number of carbonyl (C=O) groups excluding carboxylic acids is 1. The van der Waals surface area contributed by atoms with Crippen molar-refractivity contribution in [3.63, 3.8) is 0 Å². The fourth-order valence-electron chi connectivity index (χ4n) is 1.57. The van der Waals surface area contributed by atoms with Gasteiger partial charge in [0.05, 0.1) is 11.1 Å². The lowest BCUT2D eigenvalue weighted by molar-refractivity contribution is -0.112. The number of rotatable bonds is 3. The number of amides is 1. The third-order valence-corrected chi connectivity index (χ3v) is 4.36. The van der Waals surface area contributed by atoms with Crippen LogP contribution in [0.2, 0.25) is 0 Å². The standard InChI is InChI=1S/C11H12N2O3S/c1-13(2)17(15,16)7-9-8-5-3-4-6-10(8)12-11(9)14/h3-6H,7H2,1-2H3. The SMILES string of the molecule is CN(C)S(=O)(=O)CC1=c2ccccc2=NC1=O. The lowest BCUT2D eigenvalue weighted by Gasteiger charge is -2.10. The highest BCUT2D eigenvalue weighted by molar-refractivity contribution is 7.89. The average molecular weight is 252 g/mol. The Bertz CT molecular complexity index is 690. The van der Waals surface area contributed by atoms with Crippen LogP contribution in [-0.4, -0.2) is 38.5 Å². The molecule has 1 aromatic rings. The maximum Gasteiger partial charge on any atom is 0.275 e. The summed E-state index contributed by atoms with van der Waals surface area (Å²) in [5, 5.41) is 1.16. The van der Waals surface area contributed by atoms with Crippen LogP contribution in [0.25, 0.3) is 5.57 Å². The first-order valence-electron chi connectivity index (χ1n) is 5.03. The molecule has 1 amide bonds. The topological polar surface area (TPSA) is 66.8 Å². The molecular weight excluding hydrogens is 240 g/mol. The molecule has 17 heavy (non-hydrogen) atoms. The van der Waals surface area contributed by atoms with Crippen molar-refractivity contribution >= 4 is 21.5 Å². The van der Waals surface area contributed by atoms with E-state index in [-0.39, 0.29) is 11.3 Å². The smallest absolute Gasteiger partial charge is 0.267 e. The van der Waals surface area contributed by atoms with E-state index in [4.69, 9.17) is 0 Å². The van der Waals surface area contributed by atoms with Crippen molar-refractivity contribution in [3.05, 3.63) is 34.8 Å². The Kier molecular flexibility index (Phi) is 2.84. The summed E-state index contributed by atoms with van der Waals surface area (Å²) in [5.74, 6) is -0.768. The van der Waals surface area contributed by atoms with Crippen LogP contribution in [0.5, 0.6) is 0 Å². The second-order valence-electron chi connectivity index (χ2n) is 3.95. The highest BCUT2D eigenvalue weighted by Crippen LogP contribution is 2.07. The van der Waals surface area contributed by atoms with E-state index in [2.05, 4.69) is 4.99 Å². The average Bonchev–Trinajstić information content (AvgIpc) is 2.55. The highest BCUT2D eigenvalue weighted by atomic mass is 32.2. The summed E-state index contributed by atoms with van der Waals surface area (Å²) in [6.45, 7) is 0. The summed E-state index contributed by atoms with van der Waals surface area (Å²) < 4.78 is 24.6. The number of hydrogen-bond donors (Lipinski definition) is 0. The van der Waals surface area contributed by atoms with Crippen molar-refractivity contribution in [2.45, 2.75) is 0 Å². The van der Waals surface area contributed by atoms with Gasteiger partial charge in [-0.15, -0.1) is 0 Å². The Labute approximate surface area is 99.1 Å². The highest BCUT2D eigenvalue weighted by Gasteiger charge is 2.24. The molecule has 1 aliphatic heterocycles. The molecule has 0 N–H and O–H groups in total. The Balaban J connectivity index is 2.56. The van der Waals surface area contributed by atoms with Crippen molar-refractivity contribution in [2.75, 3.05) is 19.8 Å². The van der Waals surface area contributed by atoms with Gasteiger partial charge in [-0.1, -0.05) is 18.2 Å². The minimum absolute atomic E-state index is 0.245. The molecule has 0 aliphatic carbocycles. The minimum atomic E-state index is -3.44. The van der Waals surface area contributed by atoms with E-state index < -0.39 is 15.9 Å². The molecule has 90 valence electrons. The van der Waals surface area contributed by atoms with Gasteiger partial charge in [0.15, 0.2) is 0 Å². The van der Waals surface area contributed by atoms with Crippen molar-refractivity contribution in [3.8, 4) is 0 Å². The molecule has 2 rings (SSSR count). The van der Waals surface area contributed by atoms with Crippen LogP contribution in [0.15, 0.2) is 29.3 Å². The molecule has 0 fully saturated rings. The van der Waals surface area contributed by atoms with Gasteiger partial charge in [0, 0.05) is 24.9 Å². The summed E-state index contributed by atoms with van der Waals surface area (Å²) >= 11 is 0. The third-order valence-electron chi connectivity index (χ3n) is 2.59. The molecule has 0 saturated heterocycles. The van der Waals surface area contributed by atoms with Gasteiger partial charge in [-0.3, -0.25) is 4.79 Å². The molecule has 0 atom stereocenters. The molecule has 1 heterocycles. The first-order valence-corrected chi connectivity index (χ1v) is 6.64. The Morgan fingerprint density at radius 3 is 2.53 bits per heavy atom. The van der Waals surface area contributed by atoms with Crippen molar-refractivity contribution in [2.24, 2.45) is 4.99 Å². The zero-order chi connectivity index (χ0) is 12.6. The van der Waals surface area contributed by atoms with Crippen LogP contribution in [0.4, 0.5) is 0 Å². The van der Waals surface area contributed by atoms with Gasteiger partial charge in [0.25, 0.3) is 5.91 Å². The van der Waals surface area contributed by atoms with Crippen LogP contribution < -0.4 is 10.6 Å². The molecule has 1 aromatic carbocycles. The molecule has 0 bridgehead atoms. The van der Waals surface area contributed by atoms with Crippen molar-refractivity contribution in [1.29, 1.82) is 0 Å². The normalized spacial score (nSPS) is 15.0. The molecule has 0 aromatic heterocycles. The lowest BCUT2D eigenvalue weighted by Crippen LogP contribution is -2.30. The van der Waals surface area contributed by atoms with E-state index in [0.29, 0.717) is 10.6 Å². The summed E-state index contributed by atoms with van der Waals surface area (Å²) in [5.41, 5.74) is 0.245. The van der Waals surface area contributed by atoms with Crippen LogP contribution in [-0.2, 0) is 14.8 Å². The zero-order valence-corrected chi connectivity index (χ0v) is 10.4. The van der Waals surface area contributed by atoms with Gasteiger partial charge in [-0.2, -0.15) is 0 Å². The number of sulfonamides is 1. The quantitative estimate of drug-likeness (QED) is 0.685. The third kappa shape index (κ3) is 2.13. The first-order chi connectivity index (χ1) is 7.92. The van der Waals surface area contributed by atoms with Crippen LogP contribution in [0, 0.1) is 0 Å². The summed E-state index contributed by atoms with van der Waals surface area (Å²) in [4.78, 5) is 15.5. The molecule has 0 saturated carbocycles. The Morgan fingerprint density at radius 2 is 1.88 bits per heavy atom. The Hall–Kier alpha value is -1.53. The number of hydrogen-bond acceptors (Lipinski definition) is 3. The molecule has 0 radical (unpaired) electrons. The molecule has 1 aliphatic rings. The summed E-state index contributed by atoms with van der Waals surface area (Å²) in [7, 11) is -0.556. The maximum absolute atomic E-state index is 11.8. The van der Waals surface area contributed by atoms with Crippen molar-refractivity contribution < 1.29 is 13.2 Å². The van der Waals surface area contributed by atoms with Crippen LogP contribution in [0.3, 0.4) is 0 Å². The lowest BCUT2D eigenvalue weighted by atomic mass is 10.2. The Morgan fingerprint density at radius 1 is 1.24 bits per heavy atom. The monoisotopic (exact) mass is 252 g/mol. The summed E-state index contributed by atoms with van der Waals surface area (Å²) in [6.07, 6.45) is 0. The molecule has 5 nitrogen and oxygen atoms in total. The molecule has 0 spiro atoms. The van der Waals surface area contributed by atoms with Gasteiger partial charge in [0.2, 0.25) is 10.0 Å². The number of benzene rings is 1. The fraction of sp³-hybridized carbons (Fsp3) is 0.273. The predicted octanol–water partition coefficient (Wildman–Crippen LogP) is -1.11. The van der Waals surface area contributed by atoms with E-state index in [1.165, 1.54) is 14.1 Å². The number of para-hydroxylation sites is 1. The second kappa shape index (κ2) is 4.05. The van der Waals surface area contributed by atoms with Crippen LogP contribution >= 0.6 is 0 Å². The van der Waals surface area contributed by atoms with Gasteiger partial charge in [-0.05, 0) is 6.07 Å². The van der Waals surface area contributed by atoms with Gasteiger partial charge >= 0.3 is 0 Å². The number of fused-ring (bicyclic) bond motifs is 1. The van der Waals surface area contributed by atoms with Gasteiger partial charge < -0.3 is 0 Å². The van der Waals surface area contributed by atoms with E-state index in [1.54, 1.807) is 24.3 Å². The second-order valence-corrected chi connectivity index (χ2v) is 6.13. The number of carbonyl (C=O) groups is 1. The largest absolute Gasteiger partial charge is 0.275 e. The predicted molar refractivity (Wildman–Crippen MR) is 63.1 cm³/mol. The van der Waals surface area contributed by atoms with Crippen molar-refractivity contribution in [1.82, 2.24) is 4.31 Å². The van der Waals surface area contributed by atoms with E-state index in [9.17, 15) is 13.2 Å². The van der Waals surface area contributed by atoms with Crippen LogP contribution in [0.1, 0.15) is 0 Å². The first kappa shape index (κ1) is 11.9. The fourth-order valence-corrected chi connectivity index (χ4v) is 2.47. The molecule has 0 unspecified atom stereocenters. The molecular formula is C11H12N2O3S. The molecule has 6 heteroatoms. The number of nitrogens with zero attached hydrogens (tertiary/aromatic N) is 2. The maximum atomic E-state index is 11.8.